The lowest BCUT2D eigenvalue weighted by Gasteiger charge is -2.06. The third kappa shape index (κ3) is 3.27. The van der Waals surface area contributed by atoms with Crippen molar-refractivity contribution in [2.24, 2.45) is 0 Å². The number of alkyl halides is 2. The van der Waals surface area contributed by atoms with E-state index in [0.717, 1.165) is 6.07 Å². The van der Waals surface area contributed by atoms with Crippen LogP contribution in [0, 0.1) is 5.82 Å². The second kappa shape index (κ2) is 4.82. The fourth-order valence-corrected chi connectivity index (χ4v) is 1.03. The smallest absolute Gasteiger partial charge is 0.272 e. The van der Waals surface area contributed by atoms with Crippen molar-refractivity contribution in [1.82, 2.24) is 0 Å². The van der Waals surface area contributed by atoms with E-state index in [1.807, 2.05) is 0 Å². The van der Waals surface area contributed by atoms with E-state index in [1.54, 1.807) is 0 Å². The summed E-state index contributed by atoms with van der Waals surface area (Å²) in [6.07, 6.45) is -2.61. The molecule has 0 unspecified atom stereocenters. The molecule has 0 aliphatic carbocycles. The highest BCUT2D eigenvalue weighted by Gasteiger charge is 2.09. The summed E-state index contributed by atoms with van der Waals surface area (Å²) in [4.78, 5) is 10.8. The van der Waals surface area contributed by atoms with Crippen LogP contribution in [-0.4, -0.2) is 18.8 Å². The first kappa shape index (κ1) is 11.6. The Morgan fingerprint density at radius 2 is 2.13 bits per heavy atom. The number of hydrogen-bond acceptors (Lipinski definition) is 2. The largest absolute Gasteiger partial charge is 0.488 e. The predicted octanol–water partition coefficient (Wildman–Crippen LogP) is 2.67. The molecule has 0 aromatic heterocycles. The van der Waals surface area contributed by atoms with E-state index in [4.69, 9.17) is 0 Å². The van der Waals surface area contributed by atoms with Gasteiger partial charge in [-0.05, 0) is 19.1 Å². The second-order valence-electron chi connectivity index (χ2n) is 2.90. The van der Waals surface area contributed by atoms with E-state index in [-0.39, 0.29) is 11.3 Å². The highest BCUT2D eigenvalue weighted by Crippen LogP contribution is 2.17. The van der Waals surface area contributed by atoms with Crippen LogP contribution in [-0.2, 0) is 0 Å². The van der Waals surface area contributed by atoms with Crippen LogP contribution >= 0.6 is 0 Å². The summed E-state index contributed by atoms with van der Waals surface area (Å²) in [6.45, 7) is 0.428. The van der Waals surface area contributed by atoms with Gasteiger partial charge in [0.15, 0.2) is 5.78 Å². The third-order valence-electron chi connectivity index (χ3n) is 1.70. The Morgan fingerprint density at radius 3 is 2.60 bits per heavy atom. The van der Waals surface area contributed by atoms with Crippen LogP contribution in [0.4, 0.5) is 13.2 Å². The van der Waals surface area contributed by atoms with E-state index >= 15 is 0 Å². The fourth-order valence-electron chi connectivity index (χ4n) is 1.03. The van der Waals surface area contributed by atoms with Gasteiger partial charge in [0.05, 0.1) is 5.56 Å². The van der Waals surface area contributed by atoms with E-state index < -0.39 is 24.6 Å². The van der Waals surface area contributed by atoms with Gasteiger partial charge in [0, 0.05) is 6.07 Å². The molecule has 0 saturated heterocycles. The van der Waals surface area contributed by atoms with Crippen molar-refractivity contribution in [3.63, 3.8) is 0 Å². The minimum absolute atomic E-state index is 0.0159. The molecule has 15 heavy (non-hydrogen) atoms. The number of carbonyl (C=O) groups excluding carboxylic acids is 1. The van der Waals surface area contributed by atoms with Gasteiger partial charge in [-0.25, -0.2) is 13.2 Å². The maximum Gasteiger partial charge on any atom is 0.272 e. The number of hydrogen-bond donors (Lipinski definition) is 0. The lowest BCUT2D eigenvalue weighted by Crippen LogP contribution is -2.07. The number of Topliss-reactive ketones (excluding diaryl/α,β-unsaturated/α-hetero) is 1. The van der Waals surface area contributed by atoms with Crippen molar-refractivity contribution in [2.75, 3.05) is 6.61 Å². The molecule has 0 aliphatic rings. The molecule has 1 aromatic rings. The summed E-state index contributed by atoms with van der Waals surface area (Å²) in [5, 5.41) is 0. The molecule has 0 bridgehead atoms. The average molecular weight is 218 g/mol. The molecular weight excluding hydrogens is 209 g/mol. The number of ether oxygens (including phenoxy) is 1. The molecule has 0 saturated carbocycles. The first-order chi connectivity index (χ1) is 7.00. The molecule has 2 nitrogen and oxygen atoms in total. The monoisotopic (exact) mass is 218 g/mol. The molecule has 0 spiro atoms. The normalized spacial score (nSPS) is 10.5. The van der Waals surface area contributed by atoms with Gasteiger partial charge in [0.1, 0.15) is 18.2 Å². The first-order valence-corrected chi connectivity index (χ1v) is 4.22. The topological polar surface area (TPSA) is 26.3 Å². The standard InChI is InChI=1S/C10H9F3O2/c1-6(14)8-3-2-7(4-9(8)11)15-5-10(12)13/h2-4,10H,5H2,1H3. The summed E-state index contributed by atoms with van der Waals surface area (Å²) >= 11 is 0. The average Bonchev–Trinajstić information content (AvgIpc) is 2.14. The molecule has 82 valence electrons. The van der Waals surface area contributed by atoms with Crippen molar-refractivity contribution >= 4 is 5.78 Å². The predicted molar refractivity (Wildman–Crippen MR) is 47.9 cm³/mol. The zero-order valence-corrected chi connectivity index (χ0v) is 7.97. The number of benzene rings is 1. The summed E-state index contributed by atoms with van der Waals surface area (Å²) < 4.78 is 41.2. The highest BCUT2D eigenvalue weighted by atomic mass is 19.3. The Morgan fingerprint density at radius 1 is 1.47 bits per heavy atom. The van der Waals surface area contributed by atoms with Crippen LogP contribution in [0.25, 0.3) is 0 Å². The van der Waals surface area contributed by atoms with Crippen molar-refractivity contribution in [3.05, 3.63) is 29.6 Å². The lowest BCUT2D eigenvalue weighted by atomic mass is 10.1. The van der Waals surface area contributed by atoms with Gasteiger partial charge >= 0.3 is 0 Å². The summed E-state index contributed by atoms with van der Waals surface area (Å²) in [6, 6.07) is 3.40. The molecule has 0 amide bonds. The summed E-state index contributed by atoms with van der Waals surface area (Å²) in [5.74, 6) is -1.21. The van der Waals surface area contributed by atoms with Gasteiger partial charge in [-0.3, -0.25) is 4.79 Å². The van der Waals surface area contributed by atoms with Gasteiger partial charge in [-0.1, -0.05) is 0 Å². The van der Waals surface area contributed by atoms with E-state index in [0.29, 0.717) is 0 Å². The number of rotatable bonds is 4. The molecule has 0 aliphatic heterocycles. The fraction of sp³-hybridized carbons (Fsp3) is 0.300. The van der Waals surface area contributed by atoms with E-state index in [1.165, 1.54) is 19.1 Å². The molecule has 5 heteroatoms. The Hall–Kier alpha value is -1.52. The Bertz CT molecular complexity index is 364. The summed E-state index contributed by atoms with van der Waals surface area (Å²) in [7, 11) is 0. The Kier molecular flexibility index (Phi) is 3.71. The molecular formula is C10H9F3O2. The zero-order valence-electron chi connectivity index (χ0n) is 7.97. The van der Waals surface area contributed by atoms with Crippen molar-refractivity contribution in [3.8, 4) is 5.75 Å². The minimum atomic E-state index is -2.61. The molecule has 1 aromatic carbocycles. The maximum absolute atomic E-state index is 13.1. The van der Waals surface area contributed by atoms with Crippen LogP contribution in [0.5, 0.6) is 5.75 Å². The van der Waals surface area contributed by atoms with Gasteiger partial charge in [0.2, 0.25) is 0 Å². The first-order valence-electron chi connectivity index (χ1n) is 4.22. The quantitative estimate of drug-likeness (QED) is 0.726. The lowest BCUT2D eigenvalue weighted by molar-refractivity contribution is 0.0816. The molecule has 0 N–H and O–H groups in total. The second-order valence-corrected chi connectivity index (χ2v) is 2.90. The van der Waals surface area contributed by atoms with Crippen LogP contribution < -0.4 is 4.74 Å². The van der Waals surface area contributed by atoms with Crippen LogP contribution in [0.1, 0.15) is 17.3 Å². The van der Waals surface area contributed by atoms with Crippen molar-refractivity contribution < 1.29 is 22.7 Å². The molecule has 1 rings (SSSR count). The summed E-state index contributed by atoms with van der Waals surface area (Å²) in [5.41, 5.74) is -0.0839. The van der Waals surface area contributed by atoms with Crippen LogP contribution in [0.2, 0.25) is 0 Å². The highest BCUT2D eigenvalue weighted by molar-refractivity contribution is 5.94. The zero-order chi connectivity index (χ0) is 11.4. The number of carbonyl (C=O) groups is 1. The number of halogens is 3. The van der Waals surface area contributed by atoms with E-state index in [9.17, 15) is 18.0 Å². The van der Waals surface area contributed by atoms with Gasteiger partial charge < -0.3 is 4.74 Å². The van der Waals surface area contributed by atoms with Crippen LogP contribution in [0.15, 0.2) is 18.2 Å². The van der Waals surface area contributed by atoms with Gasteiger partial charge in [-0.15, -0.1) is 0 Å². The minimum Gasteiger partial charge on any atom is -0.488 e. The number of ketones is 1. The molecule has 0 radical (unpaired) electrons. The molecule has 0 fully saturated rings. The van der Waals surface area contributed by atoms with E-state index in [2.05, 4.69) is 4.74 Å². The maximum atomic E-state index is 13.1. The Balaban J connectivity index is 2.78. The Labute approximate surface area is 84.7 Å². The van der Waals surface area contributed by atoms with Crippen LogP contribution in [0.3, 0.4) is 0 Å². The third-order valence-corrected chi connectivity index (χ3v) is 1.70. The van der Waals surface area contributed by atoms with Gasteiger partial charge in [-0.2, -0.15) is 0 Å². The van der Waals surface area contributed by atoms with Gasteiger partial charge in [0.25, 0.3) is 6.43 Å². The van der Waals surface area contributed by atoms with Crippen molar-refractivity contribution in [1.29, 1.82) is 0 Å². The van der Waals surface area contributed by atoms with Crippen molar-refractivity contribution in [2.45, 2.75) is 13.3 Å². The molecule has 0 atom stereocenters. The molecule has 0 heterocycles. The SMILES string of the molecule is CC(=O)c1ccc(OCC(F)F)cc1F.